The van der Waals surface area contributed by atoms with Gasteiger partial charge in [0, 0.05) is 25.7 Å². The number of thiophene rings is 1. The fraction of sp³-hybridized carbons (Fsp3) is 0.294. The van der Waals surface area contributed by atoms with E-state index in [9.17, 15) is 0 Å². The molecule has 7 nitrogen and oxygen atoms in total. The first-order valence-electron chi connectivity index (χ1n) is 8.12. The molecule has 0 spiro atoms. The zero-order chi connectivity index (χ0) is 17.3. The van der Waals surface area contributed by atoms with Crippen LogP contribution in [0.5, 0.6) is 0 Å². The second-order valence-electron chi connectivity index (χ2n) is 5.23. The van der Waals surface area contributed by atoms with Crippen LogP contribution in [0, 0.1) is 0 Å². The first kappa shape index (κ1) is 17.1. The second kappa shape index (κ2) is 8.93. The van der Waals surface area contributed by atoms with Gasteiger partial charge in [-0.3, -0.25) is 4.98 Å². The molecule has 8 heteroatoms. The molecular formula is C17H20N6OS. The number of aliphatic imine (C=N–C) groups is 1. The summed E-state index contributed by atoms with van der Waals surface area (Å²) in [6.45, 7) is 4.17. The molecule has 0 radical (unpaired) electrons. The van der Waals surface area contributed by atoms with Crippen molar-refractivity contribution in [2.45, 2.75) is 19.9 Å². The molecule has 25 heavy (non-hydrogen) atoms. The predicted molar refractivity (Wildman–Crippen MR) is 98.4 cm³/mol. The highest BCUT2D eigenvalue weighted by atomic mass is 32.1. The summed E-state index contributed by atoms with van der Waals surface area (Å²) in [4.78, 5) is 13.1. The Bertz CT molecular complexity index is 785. The minimum atomic E-state index is 0.439. The Kier molecular flexibility index (Phi) is 6.11. The van der Waals surface area contributed by atoms with Gasteiger partial charge in [0.25, 0.3) is 5.89 Å². The molecule has 3 rings (SSSR count). The van der Waals surface area contributed by atoms with Gasteiger partial charge in [-0.2, -0.15) is 16.3 Å². The summed E-state index contributed by atoms with van der Waals surface area (Å²) in [5, 5.41) is 14.7. The molecule has 0 saturated carbocycles. The van der Waals surface area contributed by atoms with Crippen LogP contribution < -0.4 is 10.6 Å². The average Bonchev–Trinajstić information content (AvgIpc) is 3.32. The Balaban J connectivity index is 1.52. The van der Waals surface area contributed by atoms with Gasteiger partial charge in [-0.05, 0) is 41.4 Å². The molecule has 0 bridgehead atoms. The highest BCUT2D eigenvalue weighted by Gasteiger charge is 2.09. The molecule has 0 fully saturated rings. The van der Waals surface area contributed by atoms with Crippen LogP contribution in [0.4, 0.5) is 0 Å². The molecule has 0 aromatic carbocycles. The molecule has 2 N–H and O–H groups in total. The van der Waals surface area contributed by atoms with Crippen LogP contribution in [-0.4, -0.2) is 34.2 Å². The van der Waals surface area contributed by atoms with E-state index in [0.717, 1.165) is 12.5 Å². The summed E-state index contributed by atoms with van der Waals surface area (Å²) >= 11 is 1.68. The van der Waals surface area contributed by atoms with E-state index < -0.39 is 0 Å². The van der Waals surface area contributed by atoms with E-state index in [0.29, 0.717) is 36.9 Å². The Hall–Kier alpha value is -2.74. The van der Waals surface area contributed by atoms with Gasteiger partial charge in [-0.25, -0.2) is 4.99 Å². The van der Waals surface area contributed by atoms with Gasteiger partial charge in [-0.1, -0.05) is 11.2 Å². The standard InChI is InChI=1S/C17H20N6OS/c1-2-18-17(21-11-13-7-10-25-12-13)20-9-6-15-22-16(24-23-15)14-5-3-4-8-19-14/h3-5,7-8,10,12H,2,6,9,11H2,1H3,(H2,18,20,21). The van der Waals surface area contributed by atoms with Gasteiger partial charge in [0.05, 0.1) is 6.54 Å². The lowest BCUT2D eigenvalue weighted by Gasteiger charge is -2.09. The number of hydrogen-bond donors (Lipinski definition) is 2. The normalized spacial score (nSPS) is 11.5. The number of nitrogens with zero attached hydrogens (tertiary/aromatic N) is 4. The molecule has 0 unspecified atom stereocenters. The Morgan fingerprint density at radius 1 is 1.28 bits per heavy atom. The van der Waals surface area contributed by atoms with Crippen LogP contribution in [0.3, 0.4) is 0 Å². The summed E-state index contributed by atoms with van der Waals surface area (Å²) in [5.74, 6) is 1.86. The summed E-state index contributed by atoms with van der Waals surface area (Å²) in [6.07, 6.45) is 2.34. The zero-order valence-electron chi connectivity index (χ0n) is 14.0. The summed E-state index contributed by atoms with van der Waals surface area (Å²) in [6, 6.07) is 7.66. The average molecular weight is 356 g/mol. The van der Waals surface area contributed by atoms with E-state index in [1.54, 1.807) is 17.5 Å². The topological polar surface area (TPSA) is 88.2 Å². The van der Waals surface area contributed by atoms with Crippen LogP contribution >= 0.6 is 11.3 Å². The van der Waals surface area contributed by atoms with E-state index in [1.807, 2.05) is 25.1 Å². The first-order chi connectivity index (χ1) is 12.3. The van der Waals surface area contributed by atoms with Crippen molar-refractivity contribution in [1.29, 1.82) is 0 Å². The molecule has 0 aliphatic heterocycles. The van der Waals surface area contributed by atoms with E-state index in [1.165, 1.54) is 5.56 Å². The van der Waals surface area contributed by atoms with Crippen molar-refractivity contribution in [3.63, 3.8) is 0 Å². The van der Waals surface area contributed by atoms with Crippen molar-refractivity contribution in [1.82, 2.24) is 25.8 Å². The molecule has 0 aliphatic rings. The predicted octanol–water partition coefficient (Wildman–Crippen LogP) is 2.49. The molecule has 0 amide bonds. The minimum absolute atomic E-state index is 0.439. The number of nitrogens with one attached hydrogen (secondary N) is 2. The zero-order valence-corrected chi connectivity index (χ0v) is 14.8. The van der Waals surface area contributed by atoms with Crippen LogP contribution in [-0.2, 0) is 13.0 Å². The van der Waals surface area contributed by atoms with E-state index in [-0.39, 0.29) is 0 Å². The fourth-order valence-electron chi connectivity index (χ4n) is 2.14. The molecule has 0 aliphatic carbocycles. The van der Waals surface area contributed by atoms with Crippen molar-refractivity contribution in [2.24, 2.45) is 4.99 Å². The largest absolute Gasteiger partial charge is 0.357 e. The van der Waals surface area contributed by atoms with Gasteiger partial charge in [0.2, 0.25) is 0 Å². The van der Waals surface area contributed by atoms with E-state index in [4.69, 9.17) is 4.52 Å². The van der Waals surface area contributed by atoms with Gasteiger partial charge >= 0.3 is 0 Å². The van der Waals surface area contributed by atoms with Crippen LogP contribution in [0.15, 0.2) is 50.7 Å². The second-order valence-corrected chi connectivity index (χ2v) is 6.01. The lowest BCUT2D eigenvalue weighted by molar-refractivity contribution is 0.421. The van der Waals surface area contributed by atoms with E-state index in [2.05, 4.69) is 47.6 Å². The summed E-state index contributed by atoms with van der Waals surface area (Å²) in [5.41, 5.74) is 1.89. The molecular weight excluding hydrogens is 336 g/mol. The minimum Gasteiger partial charge on any atom is -0.357 e. The molecule has 3 aromatic heterocycles. The third-order valence-electron chi connectivity index (χ3n) is 3.34. The number of aromatic nitrogens is 3. The Morgan fingerprint density at radius 3 is 3.00 bits per heavy atom. The molecule has 130 valence electrons. The molecule has 0 saturated heterocycles. The van der Waals surface area contributed by atoms with Crippen LogP contribution in [0.2, 0.25) is 0 Å². The quantitative estimate of drug-likeness (QED) is 0.499. The highest BCUT2D eigenvalue weighted by molar-refractivity contribution is 7.07. The third kappa shape index (κ3) is 5.12. The number of guanidine groups is 1. The summed E-state index contributed by atoms with van der Waals surface area (Å²) in [7, 11) is 0. The number of hydrogen-bond acceptors (Lipinski definition) is 6. The van der Waals surface area contributed by atoms with Crippen LogP contribution in [0.25, 0.3) is 11.6 Å². The number of rotatable bonds is 7. The molecule has 0 atom stereocenters. The van der Waals surface area contributed by atoms with Crippen molar-refractivity contribution in [3.05, 3.63) is 52.6 Å². The molecule has 3 aromatic rings. The monoisotopic (exact) mass is 356 g/mol. The van der Waals surface area contributed by atoms with Gasteiger partial charge in [0.15, 0.2) is 11.8 Å². The van der Waals surface area contributed by atoms with Gasteiger partial charge < -0.3 is 15.2 Å². The third-order valence-corrected chi connectivity index (χ3v) is 4.07. The smallest absolute Gasteiger partial charge is 0.276 e. The summed E-state index contributed by atoms with van der Waals surface area (Å²) < 4.78 is 5.26. The SMILES string of the molecule is CCNC(=NCc1ccsc1)NCCc1noc(-c2ccccn2)n1. The lowest BCUT2D eigenvalue weighted by Crippen LogP contribution is -2.38. The molecule has 3 heterocycles. The van der Waals surface area contributed by atoms with Crippen molar-refractivity contribution >= 4 is 17.3 Å². The fourth-order valence-corrected chi connectivity index (χ4v) is 2.80. The maximum atomic E-state index is 5.26. The lowest BCUT2D eigenvalue weighted by atomic mass is 10.3. The van der Waals surface area contributed by atoms with Crippen molar-refractivity contribution < 1.29 is 4.52 Å². The van der Waals surface area contributed by atoms with E-state index >= 15 is 0 Å². The van der Waals surface area contributed by atoms with Crippen molar-refractivity contribution in [3.8, 4) is 11.6 Å². The highest BCUT2D eigenvalue weighted by Crippen LogP contribution is 2.13. The first-order valence-corrected chi connectivity index (χ1v) is 9.06. The van der Waals surface area contributed by atoms with Gasteiger partial charge in [0.1, 0.15) is 5.69 Å². The number of pyridine rings is 1. The Morgan fingerprint density at radius 2 is 2.24 bits per heavy atom. The van der Waals surface area contributed by atoms with Crippen LogP contribution in [0.1, 0.15) is 18.3 Å². The maximum absolute atomic E-state index is 5.26. The van der Waals surface area contributed by atoms with Gasteiger partial charge in [-0.15, -0.1) is 0 Å². The van der Waals surface area contributed by atoms with Crippen molar-refractivity contribution in [2.75, 3.05) is 13.1 Å². The Labute approximate surface area is 150 Å². The maximum Gasteiger partial charge on any atom is 0.276 e.